The first kappa shape index (κ1) is 11.7. The van der Waals surface area contributed by atoms with E-state index >= 15 is 0 Å². The summed E-state index contributed by atoms with van der Waals surface area (Å²) < 4.78 is 12.7. The van der Waals surface area contributed by atoms with Crippen molar-refractivity contribution < 1.29 is 9.18 Å². The van der Waals surface area contributed by atoms with Crippen LogP contribution in [0.15, 0.2) is 24.3 Å². The number of hydrogen-bond donors (Lipinski definition) is 1. The van der Waals surface area contributed by atoms with Crippen molar-refractivity contribution in [3.63, 3.8) is 0 Å². The van der Waals surface area contributed by atoms with Crippen molar-refractivity contribution in [2.24, 2.45) is 5.92 Å². The van der Waals surface area contributed by atoms with Crippen LogP contribution in [-0.4, -0.2) is 13.0 Å². The molecule has 15 heavy (non-hydrogen) atoms. The predicted octanol–water partition coefficient (Wildman–Crippen LogP) is 2.31. The molecular formula is C12H16FNO. The Morgan fingerprint density at radius 2 is 1.80 bits per heavy atom. The molecule has 0 fully saturated rings. The topological polar surface area (TPSA) is 29.1 Å². The van der Waals surface area contributed by atoms with E-state index in [1.165, 1.54) is 12.1 Å². The maximum absolute atomic E-state index is 12.7. The van der Waals surface area contributed by atoms with Gasteiger partial charge in [-0.3, -0.25) is 4.79 Å². The van der Waals surface area contributed by atoms with E-state index in [4.69, 9.17) is 0 Å². The Balaban J connectivity index is 2.99. The lowest BCUT2D eigenvalue weighted by atomic mass is 9.88. The van der Waals surface area contributed by atoms with Crippen LogP contribution in [0.5, 0.6) is 0 Å². The molecule has 3 heteroatoms. The summed E-state index contributed by atoms with van der Waals surface area (Å²) in [5.41, 5.74) is 0.853. The van der Waals surface area contributed by atoms with E-state index in [0.717, 1.165) is 5.56 Å². The first-order valence-corrected chi connectivity index (χ1v) is 5.03. The lowest BCUT2D eigenvalue weighted by Crippen LogP contribution is -2.29. The Hall–Kier alpha value is -1.38. The normalized spacial score (nSPS) is 12.6. The van der Waals surface area contributed by atoms with Crippen LogP contribution in [0.2, 0.25) is 0 Å². The van der Waals surface area contributed by atoms with Gasteiger partial charge in [-0.1, -0.05) is 26.0 Å². The van der Waals surface area contributed by atoms with Crippen LogP contribution in [0, 0.1) is 11.7 Å². The van der Waals surface area contributed by atoms with Crippen LogP contribution in [0.3, 0.4) is 0 Å². The second-order valence-electron chi connectivity index (χ2n) is 3.89. The van der Waals surface area contributed by atoms with Crippen LogP contribution < -0.4 is 5.32 Å². The monoisotopic (exact) mass is 209 g/mol. The zero-order valence-corrected chi connectivity index (χ0v) is 9.25. The maximum Gasteiger partial charge on any atom is 0.227 e. The molecule has 1 amide bonds. The SMILES string of the molecule is CNC(=O)C(c1ccc(F)cc1)C(C)C. The molecule has 1 unspecified atom stereocenters. The van der Waals surface area contributed by atoms with Crippen molar-refractivity contribution in [2.45, 2.75) is 19.8 Å². The molecule has 0 bridgehead atoms. The summed E-state index contributed by atoms with van der Waals surface area (Å²) >= 11 is 0. The highest BCUT2D eigenvalue weighted by Gasteiger charge is 2.22. The molecule has 0 heterocycles. The molecule has 1 atom stereocenters. The van der Waals surface area contributed by atoms with E-state index in [-0.39, 0.29) is 23.6 Å². The number of amides is 1. The fourth-order valence-electron chi connectivity index (χ4n) is 1.66. The molecule has 1 N–H and O–H groups in total. The lowest BCUT2D eigenvalue weighted by molar-refractivity contribution is -0.123. The van der Waals surface area contributed by atoms with E-state index in [0.29, 0.717) is 0 Å². The Morgan fingerprint density at radius 1 is 1.27 bits per heavy atom. The van der Waals surface area contributed by atoms with Gasteiger partial charge in [0.05, 0.1) is 5.92 Å². The first-order valence-electron chi connectivity index (χ1n) is 5.03. The Bertz CT molecular complexity index is 332. The van der Waals surface area contributed by atoms with E-state index in [9.17, 15) is 9.18 Å². The van der Waals surface area contributed by atoms with Gasteiger partial charge in [0.25, 0.3) is 0 Å². The van der Waals surface area contributed by atoms with Gasteiger partial charge in [0, 0.05) is 7.05 Å². The molecular weight excluding hydrogens is 193 g/mol. The molecule has 2 nitrogen and oxygen atoms in total. The van der Waals surface area contributed by atoms with Gasteiger partial charge in [-0.15, -0.1) is 0 Å². The third-order valence-electron chi connectivity index (χ3n) is 2.42. The largest absolute Gasteiger partial charge is 0.359 e. The number of hydrogen-bond acceptors (Lipinski definition) is 1. The smallest absolute Gasteiger partial charge is 0.227 e. The molecule has 0 aromatic heterocycles. The molecule has 82 valence electrons. The Morgan fingerprint density at radius 3 is 2.20 bits per heavy atom. The predicted molar refractivity (Wildman–Crippen MR) is 58.0 cm³/mol. The molecule has 0 aliphatic carbocycles. The van der Waals surface area contributed by atoms with Gasteiger partial charge in [0.1, 0.15) is 5.82 Å². The minimum absolute atomic E-state index is 0.0309. The molecule has 1 aromatic carbocycles. The van der Waals surface area contributed by atoms with Crippen LogP contribution in [0.4, 0.5) is 4.39 Å². The van der Waals surface area contributed by atoms with Gasteiger partial charge in [-0.2, -0.15) is 0 Å². The van der Waals surface area contributed by atoms with Crippen LogP contribution in [-0.2, 0) is 4.79 Å². The van der Waals surface area contributed by atoms with Crippen molar-refractivity contribution in [3.05, 3.63) is 35.6 Å². The van der Waals surface area contributed by atoms with E-state index in [1.807, 2.05) is 13.8 Å². The van der Waals surface area contributed by atoms with Gasteiger partial charge < -0.3 is 5.32 Å². The summed E-state index contributed by atoms with van der Waals surface area (Å²) in [5.74, 6) is -0.333. The van der Waals surface area contributed by atoms with Gasteiger partial charge >= 0.3 is 0 Å². The first-order chi connectivity index (χ1) is 7.06. The standard InChI is InChI=1S/C12H16FNO/c1-8(2)11(12(15)14-3)9-4-6-10(13)7-5-9/h4-8,11H,1-3H3,(H,14,15). The Labute approximate surface area is 89.5 Å². The highest BCUT2D eigenvalue weighted by atomic mass is 19.1. The van der Waals surface area contributed by atoms with Gasteiger partial charge in [-0.25, -0.2) is 4.39 Å². The van der Waals surface area contributed by atoms with Gasteiger partial charge in [0.2, 0.25) is 5.91 Å². The highest BCUT2D eigenvalue weighted by Crippen LogP contribution is 2.24. The van der Waals surface area contributed by atoms with E-state index < -0.39 is 0 Å². The van der Waals surface area contributed by atoms with Gasteiger partial charge in [0.15, 0.2) is 0 Å². The quantitative estimate of drug-likeness (QED) is 0.813. The summed E-state index contributed by atoms with van der Waals surface area (Å²) in [4.78, 5) is 11.6. The number of rotatable bonds is 3. The summed E-state index contributed by atoms with van der Waals surface area (Å²) in [6.45, 7) is 3.95. The van der Waals surface area contributed by atoms with Crippen LogP contribution >= 0.6 is 0 Å². The third kappa shape index (κ3) is 2.78. The molecule has 1 rings (SSSR count). The molecule has 0 spiro atoms. The van der Waals surface area contributed by atoms with E-state index in [2.05, 4.69) is 5.32 Å². The van der Waals surface area contributed by atoms with Crippen molar-refractivity contribution in [1.82, 2.24) is 5.32 Å². The Kier molecular flexibility index (Phi) is 3.83. The van der Waals surface area contributed by atoms with Crippen LogP contribution in [0.25, 0.3) is 0 Å². The molecule has 0 aliphatic heterocycles. The van der Waals surface area contributed by atoms with Gasteiger partial charge in [-0.05, 0) is 23.6 Å². The summed E-state index contributed by atoms with van der Waals surface area (Å²) in [7, 11) is 1.61. The summed E-state index contributed by atoms with van der Waals surface area (Å²) in [6, 6.07) is 6.09. The molecule has 0 saturated carbocycles. The zero-order chi connectivity index (χ0) is 11.4. The second kappa shape index (κ2) is 4.91. The minimum Gasteiger partial charge on any atom is -0.359 e. The van der Waals surface area contributed by atoms with Crippen molar-refractivity contribution in [2.75, 3.05) is 7.05 Å². The summed E-state index contributed by atoms with van der Waals surface area (Å²) in [5, 5.41) is 2.63. The fourth-order valence-corrected chi connectivity index (χ4v) is 1.66. The molecule has 0 aliphatic rings. The lowest BCUT2D eigenvalue weighted by Gasteiger charge is -2.19. The average Bonchev–Trinajstić information content (AvgIpc) is 2.20. The van der Waals surface area contributed by atoms with Crippen molar-refractivity contribution >= 4 is 5.91 Å². The number of carbonyl (C=O) groups excluding carboxylic acids is 1. The second-order valence-corrected chi connectivity index (χ2v) is 3.89. The number of benzene rings is 1. The number of carbonyl (C=O) groups is 1. The zero-order valence-electron chi connectivity index (χ0n) is 9.25. The van der Waals surface area contributed by atoms with E-state index in [1.54, 1.807) is 19.2 Å². The summed E-state index contributed by atoms with van der Waals surface area (Å²) in [6.07, 6.45) is 0. The minimum atomic E-state index is -0.279. The number of halogens is 1. The van der Waals surface area contributed by atoms with Crippen molar-refractivity contribution in [3.8, 4) is 0 Å². The highest BCUT2D eigenvalue weighted by molar-refractivity contribution is 5.83. The third-order valence-corrected chi connectivity index (χ3v) is 2.42. The molecule has 0 radical (unpaired) electrons. The number of likely N-dealkylation sites (N-methyl/N-ethyl adjacent to an activating group) is 1. The fraction of sp³-hybridized carbons (Fsp3) is 0.417. The number of nitrogens with one attached hydrogen (secondary N) is 1. The maximum atomic E-state index is 12.7. The van der Waals surface area contributed by atoms with Crippen LogP contribution in [0.1, 0.15) is 25.3 Å². The molecule has 0 saturated heterocycles. The molecule has 1 aromatic rings. The van der Waals surface area contributed by atoms with Crippen molar-refractivity contribution in [1.29, 1.82) is 0 Å². The average molecular weight is 209 g/mol.